The van der Waals surface area contributed by atoms with Gasteiger partial charge in [0.25, 0.3) is 0 Å². The first-order valence-corrected chi connectivity index (χ1v) is 6.69. The number of aromatic amines is 1. The molecule has 4 aromatic rings. The number of rotatable bonds is 1. The zero-order chi connectivity index (χ0) is 14.5. The molecule has 0 fully saturated rings. The van der Waals surface area contributed by atoms with E-state index in [2.05, 4.69) is 22.1 Å². The number of aromatic nitrogens is 2. The van der Waals surface area contributed by atoms with E-state index in [1.54, 1.807) is 0 Å². The van der Waals surface area contributed by atoms with Crippen molar-refractivity contribution in [2.45, 2.75) is 0 Å². The number of H-pyrrole nitrogens is 1. The molecular formula is C18H14N2O. The van der Waals surface area contributed by atoms with Crippen molar-refractivity contribution < 1.29 is 4.79 Å². The van der Waals surface area contributed by atoms with Gasteiger partial charge in [0.15, 0.2) is 6.29 Å². The lowest BCUT2D eigenvalue weighted by Crippen LogP contribution is -1.73. The van der Waals surface area contributed by atoms with Gasteiger partial charge in [0, 0.05) is 22.5 Å². The quantitative estimate of drug-likeness (QED) is 0.528. The van der Waals surface area contributed by atoms with E-state index < -0.39 is 0 Å². The molecule has 0 unspecified atom stereocenters. The molecule has 0 amide bonds. The number of nitrogens with one attached hydrogen (secondary N) is 1. The fourth-order valence-corrected chi connectivity index (χ4v) is 2.18. The Morgan fingerprint density at radius 1 is 0.857 bits per heavy atom. The van der Waals surface area contributed by atoms with Gasteiger partial charge < -0.3 is 4.98 Å². The van der Waals surface area contributed by atoms with Crippen molar-refractivity contribution in [3.05, 3.63) is 78.6 Å². The number of pyridine rings is 1. The van der Waals surface area contributed by atoms with Crippen LogP contribution in [0, 0.1) is 0 Å². The fraction of sp³-hybridized carbons (Fsp3) is 0. The summed E-state index contributed by atoms with van der Waals surface area (Å²) in [6.45, 7) is 0. The number of carbonyl (C=O) groups is 1. The van der Waals surface area contributed by atoms with Crippen molar-refractivity contribution in [3.63, 3.8) is 0 Å². The molecule has 0 aliphatic heterocycles. The number of aldehydes is 1. The summed E-state index contributed by atoms with van der Waals surface area (Å²) in [6, 6.07) is 21.7. The maximum atomic E-state index is 10.3. The molecule has 2 aromatic heterocycles. The predicted octanol–water partition coefficient (Wildman–Crippen LogP) is 4.22. The van der Waals surface area contributed by atoms with Gasteiger partial charge in [0.1, 0.15) is 0 Å². The zero-order valence-electron chi connectivity index (χ0n) is 11.4. The van der Waals surface area contributed by atoms with Gasteiger partial charge in [0.2, 0.25) is 0 Å². The van der Waals surface area contributed by atoms with E-state index in [1.807, 2.05) is 60.8 Å². The SMILES string of the molecule is O=Cc1cc2ccccc2[nH]1.c1ccc2ncccc2c1. The smallest absolute Gasteiger partial charge is 0.166 e. The lowest BCUT2D eigenvalue weighted by atomic mass is 10.2. The summed E-state index contributed by atoms with van der Waals surface area (Å²) in [7, 11) is 0. The second-order valence-electron chi connectivity index (χ2n) is 4.63. The molecule has 0 spiro atoms. The second-order valence-corrected chi connectivity index (χ2v) is 4.63. The lowest BCUT2D eigenvalue weighted by Gasteiger charge is -1.91. The van der Waals surface area contributed by atoms with Crippen molar-refractivity contribution in [1.82, 2.24) is 9.97 Å². The Balaban J connectivity index is 0.000000126. The first-order valence-electron chi connectivity index (χ1n) is 6.69. The number of nitrogens with zero attached hydrogens (tertiary/aromatic N) is 1. The van der Waals surface area contributed by atoms with Crippen LogP contribution in [-0.4, -0.2) is 16.3 Å². The Bertz CT molecular complexity index is 782. The lowest BCUT2D eigenvalue weighted by molar-refractivity contribution is 0.112. The fourth-order valence-electron chi connectivity index (χ4n) is 2.18. The summed E-state index contributed by atoms with van der Waals surface area (Å²) < 4.78 is 0. The van der Waals surface area contributed by atoms with E-state index in [0.29, 0.717) is 5.69 Å². The molecule has 0 aliphatic rings. The largest absolute Gasteiger partial charge is 0.352 e. The van der Waals surface area contributed by atoms with Crippen LogP contribution in [0.25, 0.3) is 21.8 Å². The van der Waals surface area contributed by atoms with Crippen LogP contribution >= 0.6 is 0 Å². The van der Waals surface area contributed by atoms with E-state index >= 15 is 0 Å². The molecule has 3 heteroatoms. The summed E-state index contributed by atoms with van der Waals surface area (Å²) in [5.41, 5.74) is 2.70. The average molecular weight is 274 g/mol. The summed E-state index contributed by atoms with van der Waals surface area (Å²) >= 11 is 0. The van der Waals surface area contributed by atoms with Crippen LogP contribution in [0.2, 0.25) is 0 Å². The first kappa shape index (κ1) is 13.1. The van der Waals surface area contributed by atoms with Crippen molar-refractivity contribution >= 4 is 28.1 Å². The molecular weight excluding hydrogens is 260 g/mol. The van der Waals surface area contributed by atoms with Crippen LogP contribution in [0.4, 0.5) is 0 Å². The van der Waals surface area contributed by atoms with Crippen molar-refractivity contribution in [2.75, 3.05) is 0 Å². The van der Waals surface area contributed by atoms with E-state index in [9.17, 15) is 4.79 Å². The van der Waals surface area contributed by atoms with Crippen LogP contribution < -0.4 is 0 Å². The van der Waals surface area contributed by atoms with Crippen molar-refractivity contribution in [1.29, 1.82) is 0 Å². The predicted molar refractivity (Wildman–Crippen MR) is 85.4 cm³/mol. The van der Waals surface area contributed by atoms with Crippen molar-refractivity contribution in [3.8, 4) is 0 Å². The van der Waals surface area contributed by atoms with Crippen LogP contribution in [-0.2, 0) is 0 Å². The summed E-state index contributed by atoms with van der Waals surface area (Å²) in [5, 5.41) is 2.28. The van der Waals surface area contributed by atoms with Gasteiger partial charge in [0.05, 0.1) is 11.2 Å². The molecule has 2 aromatic carbocycles. The van der Waals surface area contributed by atoms with Crippen LogP contribution in [0.15, 0.2) is 72.9 Å². The number of para-hydroxylation sites is 2. The van der Waals surface area contributed by atoms with E-state index in [4.69, 9.17) is 0 Å². The minimum absolute atomic E-state index is 0.631. The molecule has 0 radical (unpaired) electrons. The summed E-state index contributed by atoms with van der Waals surface area (Å²) in [5.74, 6) is 0. The standard InChI is InChI=1S/C9H7NO.C9H7N/c11-6-8-5-7-3-1-2-4-9(7)10-8;1-2-6-9-8(4-1)5-3-7-10-9/h1-6,10H;1-7H. The Hall–Kier alpha value is -2.94. The van der Waals surface area contributed by atoms with Crippen LogP contribution in [0.5, 0.6) is 0 Å². The third kappa shape index (κ3) is 2.98. The molecule has 0 saturated heterocycles. The molecule has 0 saturated carbocycles. The highest BCUT2D eigenvalue weighted by Crippen LogP contribution is 2.12. The Morgan fingerprint density at radius 3 is 2.33 bits per heavy atom. The Kier molecular flexibility index (Phi) is 3.74. The normalized spacial score (nSPS) is 10.1. The van der Waals surface area contributed by atoms with Gasteiger partial charge in [-0.3, -0.25) is 9.78 Å². The van der Waals surface area contributed by atoms with Crippen LogP contribution in [0.3, 0.4) is 0 Å². The highest BCUT2D eigenvalue weighted by atomic mass is 16.1. The molecule has 0 bridgehead atoms. The van der Waals surface area contributed by atoms with Gasteiger partial charge in [-0.1, -0.05) is 42.5 Å². The molecule has 1 N–H and O–H groups in total. The minimum Gasteiger partial charge on any atom is -0.352 e. The summed E-state index contributed by atoms with van der Waals surface area (Å²) in [4.78, 5) is 17.5. The first-order chi connectivity index (χ1) is 10.4. The molecule has 102 valence electrons. The minimum atomic E-state index is 0.631. The van der Waals surface area contributed by atoms with Crippen molar-refractivity contribution in [2.24, 2.45) is 0 Å². The maximum Gasteiger partial charge on any atom is 0.166 e. The second kappa shape index (κ2) is 6.01. The van der Waals surface area contributed by atoms with E-state index in [-0.39, 0.29) is 0 Å². The topological polar surface area (TPSA) is 45.8 Å². The number of hydrogen-bond donors (Lipinski definition) is 1. The number of fused-ring (bicyclic) bond motifs is 2. The van der Waals surface area contributed by atoms with Gasteiger partial charge in [-0.05, 0) is 24.3 Å². The monoisotopic (exact) mass is 274 g/mol. The number of hydrogen-bond acceptors (Lipinski definition) is 2. The highest BCUT2D eigenvalue weighted by Gasteiger charge is 1.95. The maximum absolute atomic E-state index is 10.3. The highest BCUT2D eigenvalue weighted by molar-refractivity contribution is 5.87. The third-order valence-electron chi connectivity index (χ3n) is 3.19. The molecule has 2 heterocycles. The van der Waals surface area contributed by atoms with E-state index in [0.717, 1.165) is 22.7 Å². The molecule has 0 atom stereocenters. The average Bonchev–Trinajstić information content (AvgIpc) is 2.99. The van der Waals surface area contributed by atoms with Gasteiger partial charge in [-0.25, -0.2) is 0 Å². The number of carbonyl (C=O) groups excluding carboxylic acids is 1. The molecule has 3 nitrogen and oxygen atoms in total. The summed E-state index contributed by atoms with van der Waals surface area (Å²) in [6.07, 6.45) is 2.63. The van der Waals surface area contributed by atoms with Gasteiger partial charge in [-0.15, -0.1) is 0 Å². The van der Waals surface area contributed by atoms with Crippen LogP contribution in [0.1, 0.15) is 10.5 Å². The Morgan fingerprint density at radius 2 is 1.57 bits per heavy atom. The molecule has 4 rings (SSSR count). The van der Waals surface area contributed by atoms with Gasteiger partial charge >= 0.3 is 0 Å². The van der Waals surface area contributed by atoms with Gasteiger partial charge in [-0.2, -0.15) is 0 Å². The molecule has 21 heavy (non-hydrogen) atoms. The molecule has 0 aliphatic carbocycles. The zero-order valence-corrected chi connectivity index (χ0v) is 11.4. The number of benzene rings is 2. The Labute approximate surface area is 122 Å². The van der Waals surface area contributed by atoms with E-state index in [1.165, 1.54) is 5.39 Å². The third-order valence-corrected chi connectivity index (χ3v) is 3.19.